The van der Waals surface area contributed by atoms with Crippen LogP contribution in [0.1, 0.15) is 19.3 Å². The summed E-state index contributed by atoms with van der Waals surface area (Å²) in [5, 5.41) is 0.276. The minimum absolute atomic E-state index is 0.0132. The number of hydrogen-bond donors (Lipinski definition) is 0. The van der Waals surface area contributed by atoms with Gasteiger partial charge in [0.2, 0.25) is 5.91 Å². The number of carbonyl (C=O) groups excluding carboxylic acids is 1. The maximum Gasteiger partial charge on any atom is 0.252 e. The van der Waals surface area contributed by atoms with Crippen LogP contribution in [0, 0.1) is 17.6 Å². The monoisotopic (exact) mass is 562 g/mol. The number of benzene rings is 1. The van der Waals surface area contributed by atoms with Gasteiger partial charge in [-0.05, 0) is 58.1 Å². The van der Waals surface area contributed by atoms with Crippen molar-refractivity contribution >= 4 is 65.6 Å². The Bertz CT molecular complexity index is 1330. The Kier molecular flexibility index (Phi) is 8.08. The van der Waals surface area contributed by atoms with E-state index in [0.29, 0.717) is 47.9 Å². The SMILES string of the molecule is CN(C)CCCN(C(=O)C1CCCN(S(=O)(=O)c2ccc(Cl)s2)C1)c1nc2c(F)cc(F)cc2s1. The van der Waals surface area contributed by atoms with Gasteiger partial charge in [0.1, 0.15) is 15.5 Å². The summed E-state index contributed by atoms with van der Waals surface area (Å²) in [6.07, 6.45) is 1.68. The molecule has 1 atom stereocenters. The number of hydrogen-bond acceptors (Lipinski definition) is 7. The van der Waals surface area contributed by atoms with Crippen LogP contribution in [0.4, 0.5) is 13.9 Å². The molecule has 0 N–H and O–H groups in total. The average molecular weight is 563 g/mol. The Labute approximate surface area is 216 Å². The van der Waals surface area contributed by atoms with Crippen molar-refractivity contribution in [3.8, 4) is 0 Å². The van der Waals surface area contributed by atoms with Crippen LogP contribution >= 0.6 is 34.3 Å². The second kappa shape index (κ2) is 10.7. The third-order valence-electron chi connectivity index (χ3n) is 5.76. The second-order valence-corrected chi connectivity index (χ2v) is 13.5. The normalized spacial score (nSPS) is 17.4. The lowest BCUT2D eigenvalue weighted by Crippen LogP contribution is -2.47. The molecule has 0 radical (unpaired) electrons. The Morgan fingerprint density at radius 3 is 2.69 bits per heavy atom. The van der Waals surface area contributed by atoms with Crippen LogP contribution in [-0.4, -0.2) is 68.8 Å². The van der Waals surface area contributed by atoms with Gasteiger partial charge in [-0.25, -0.2) is 22.2 Å². The molecule has 190 valence electrons. The molecule has 35 heavy (non-hydrogen) atoms. The summed E-state index contributed by atoms with van der Waals surface area (Å²) in [6.45, 7) is 1.38. The van der Waals surface area contributed by atoms with Gasteiger partial charge >= 0.3 is 0 Å². The molecule has 1 amide bonds. The van der Waals surface area contributed by atoms with E-state index in [0.717, 1.165) is 28.7 Å². The van der Waals surface area contributed by atoms with Gasteiger partial charge in [0, 0.05) is 25.7 Å². The van der Waals surface area contributed by atoms with Crippen LogP contribution < -0.4 is 4.90 Å². The summed E-state index contributed by atoms with van der Waals surface area (Å²) in [4.78, 5) is 21.5. The van der Waals surface area contributed by atoms with Crippen LogP contribution in [0.5, 0.6) is 0 Å². The fourth-order valence-corrected chi connectivity index (χ4v) is 8.25. The molecular formula is C22H25ClF2N4O3S3. The van der Waals surface area contributed by atoms with Crippen molar-refractivity contribution in [2.24, 2.45) is 5.92 Å². The Morgan fingerprint density at radius 2 is 2.00 bits per heavy atom. The molecule has 0 aliphatic carbocycles. The number of carbonyl (C=O) groups is 1. The second-order valence-electron chi connectivity index (χ2n) is 8.64. The van der Waals surface area contributed by atoms with Crippen LogP contribution in [0.25, 0.3) is 10.2 Å². The third-order valence-corrected chi connectivity index (χ3v) is 10.4. The van der Waals surface area contributed by atoms with Crippen molar-refractivity contribution in [2.45, 2.75) is 23.5 Å². The fraction of sp³-hybridized carbons (Fsp3) is 0.455. The van der Waals surface area contributed by atoms with Crippen LogP contribution in [0.2, 0.25) is 4.34 Å². The number of nitrogens with zero attached hydrogens (tertiary/aromatic N) is 4. The molecule has 2 aromatic heterocycles. The number of piperidine rings is 1. The molecule has 1 aromatic carbocycles. The molecule has 1 saturated heterocycles. The number of sulfonamides is 1. The van der Waals surface area contributed by atoms with Gasteiger partial charge in [-0.3, -0.25) is 9.69 Å². The van der Waals surface area contributed by atoms with Crippen molar-refractivity contribution < 1.29 is 22.0 Å². The average Bonchev–Trinajstić information content (AvgIpc) is 3.43. The molecule has 3 aromatic rings. The Hall–Kier alpha value is -1.70. The van der Waals surface area contributed by atoms with E-state index in [9.17, 15) is 22.0 Å². The number of thiazole rings is 1. The number of anilines is 1. The van der Waals surface area contributed by atoms with E-state index < -0.39 is 27.6 Å². The molecule has 13 heteroatoms. The topological polar surface area (TPSA) is 73.8 Å². The zero-order valence-corrected chi connectivity index (χ0v) is 22.4. The first-order valence-corrected chi connectivity index (χ1v) is 14.5. The van der Waals surface area contributed by atoms with Crippen molar-refractivity contribution in [3.63, 3.8) is 0 Å². The lowest BCUT2D eigenvalue weighted by Gasteiger charge is -2.33. The summed E-state index contributed by atoms with van der Waals surface area (Å²) in [7, 11) is 0.0674. The predicted molar refractivity (Wildman–Crippen MR) is 136 cm³/mol. The molecule has 0 spiro atoms. The van der Waals surface area contributed by atoms with E-state index in [1.54, 1.807) is 0 Å². The van der Waals surface area contributed by atoms with Crippen LogP contribution in [0.3, 0.4) is 0 Å². The minimum atomic E-state index is -3.77. The van der Waals surface area contributed by atoms with Crippen molar-refractivity contribution in [2.75, 3.05) is 45.2 Å². The van der Waals surface area contributed by atoms with Gasteiger partial charge in [-0.2, -0.15) is 4.31 Å². The van der Waals surface area contributed by atoms with E-state index in [-0.39, 0.29) is 27.3 Å². The molecule has 3 heterocycles. The number of rotatable bonds is 8. The standard InChI is InChI=1S/C22H25ClF2N4O3S3/c1-27(2)8-4-10-29(22-26-20-16(25)11-15(24)12-17(20)33-22)21(30)14-5-3-9-28(13-14)35(31,32)19-7-6-18(23)34-19/h6-7,11-12,14H,3-5,8-10,13H2,1-2H3. The highest BCUT2D eigenvalue weighted by molar-refractivity contribution is 7.91. The van der Waals surface area contributed by atoms with Gasteiger partial charge in [0.15, 0.2) is 10.9 Å². The van der Waals surface area contributed by atoms with Crippen LogP contribution in [-0.2, 0) is 14.8 Å². The van der Waals surface area contributed by atoms with Gasteiger partial charge in [0.05, 0.1) is 15.0 Å². The van der Waals surface area contributed by atoms with Crippen molar-refractivity contribution in [1.29, 1.82) is 0 Å². The molecule has 0 saturated carbocycles. The summed E-state index contributed by atoms with van der Waals surface area (Å²) < 4.78 is 56.4. The van der Waals surface area contributed by atoms with Gasteiger partial charge < -0.3 is 4.90 Å². The minimum Gasteiger partial charge on any atom is -0.309 e. The van der Waals surface area contributed by atoms with E-state index in [2.05, 4.69) is 4.98 Å². The smallest absolute Gasteiger partial charge is 0.252 e. The number of aromatic nitrogens is 1. The van der Waals surface area contributed by atoms with Gasteiger partial charge in [-0.15, -0.1) is 11.3 Å². The maximum atomic E-state index is 14.3. The van der Waals surface area contributed by atoms with Gasteiger partial charge in [-0.1, -0.05) is 22.9 Å². The number of fused-ring (bicyclic) bond motifs is 1. The first-order chi connectivity index (χ1) is 16.6. The lowest BCUT2D eigenvalue weighted by atomic mass is 9.98. The summed E-state index contributed by atoms with van der Waals surface area (Å²) in [5.74, 6) is -2.35. The molecule has 1 fully saturated rings. The largest absolute Gasteiger partial charge is 0.309 e. The third kappa shape index (κ3) is 5.83. The molecule has 0 bridgehead atoms. The molecule has 4 rings (SSSR count). The van der Waals surface area contributed by atoms with Crippen molar-refractivity contribution in [3.05, 3.63) is 40.2 Å². The maximum absolute atomic E-state index is 14.3. The molecule has 1 aliphatic rings. The van der Waals surface area contributed by atoms with E-state index in [4.69, 9.17) is 11.6 Å². The highest BCUT2D eigenvalue weighted by atomic mass is 35.5. The van der Waals surface area contributed by atoms with E-state index in [1.165, 1.54) is 27.4 Å². The predicted octanol–water partition coefficient (Wildman–Crippen LogP) is 4.68. The quantitative estimate of drug-likeness (QED) is 0.399. The van der Waals surface area contributed by atoms with Crippen LogP contribution in [0.15, 0.2) is 28.5 Å². The summed E-state index contributed by atoms with van der Waals surface area (Å²) in [6, 6.07) is 4.97. The highest BCUT2D eigenvalue weighted by Gasteiger charge is 2.36. The van der Waals surface area contributed by atoms with E-state index >= 15 is 0 Å². The number of amides is 1. The summed E-state index contributed by atoms with van der Waals surface area (Å²) >= 11 is 7.96. The Morgan fingerprint density at radius 1 is 1.23 bits per heavy atom. The first kappa shape index (κ1) is 26.4. The Balaban J connectivity index is 1.60. The van der Waals surface area contributed by atoms with Gasteiger partial charge in [0.25, 0.3) is 10.0 Å². The number of thiophene rings is 1. The summed E-state index contributed by atoms with van der Waals surface area (Å²) in [5.41, 5.74) is 0.0132. The van der Waals surface area contributed by atoms with Crippen molar-refractivity contribution in [1.82, 2.24) is 14.2 Å². The lowest BCUT2D eigenvalue weighted by molar-refractivity contribution is -0.123. The molecule has 7 nitrogen and oxygen atoms in total. The van der Waals surface area contributed by atoms with E-state index in [1.807, 2.05) is 19.0 Å². The first-order valence-electron chi connectivity index (χ1n) is 11.0. The zero-order chi connectivity index (χ0) is 25.3. The number of halogens is 3. The fourth-order valence-electron chi connectivity index (χ4n) is 4.05. The molecule has 1 aliphatic heterocycles. The zero-order valence-electron chi connectivity index (χ0n) is 19.2. The highest BCUT2D eigenvalue weighted by Crippen LogP contribution is 2.34. The molecule has 1 unspecified atom stereocenters. The molecular weight excluding hydrogens is 538 g/mol.